The fraction of sp³-hybridized carbons (Fsp3) is 0.125. The summed E-state index contributed by atoms with van der Waals surface area (Å²) in [4.78, 5) is 26.0. The van der Waals surface area contributed by atoms with Gasteiger partial charge in [-0.1, -0.05) is 18.2 Å². The lowest BCUT2D eigenvalue weighted by atomic mass is 10.2. The van der Waals surface area contributed by atoms with Gasteiger partial charge in [-0.25, -0.2) is 0 Å². The van der Waals surface area contributed by atoms with E-state index in [1.807, 2.05) is 18.2 Å². The number of nitrogens with one attached hydrogen (secondary N) is 1. The molecule has 1 heterocycles. The molecule has 112 valence electrons. The van der Waals surface area contributed by atoms with Crippen LogP contribution in [0.3, 0.4) is 0 Å². The molecule has 0 saturated heterocycles. The van der Waals surface area contributed by atoms with E-state index >= 15 is 0 Å². The summed E-state index contributed by atoms with van der Waals surface area (Å²) < 4.78 is 0. The lowest BCUT2D eigenvalue weighted by Gasteiger charge is -2.01. The quantitative estimate of drug-likeness (QED) is 0.504. The first kappa shape index (κ1) is 15.4. The topological polar surface area (TPSA) is 85.1 Å². The minimum Gasteiger partial charge on any atom is -0.352 e. The van der Waals surface area contributed by atoms with E-state index in [0.29, 0.717) is 18.5 Å². The summed E-state index contributed by atoms with van der Waals surface area (Å²) in [5.74, 6) is -0.248. The van der Waals surface area contributed by atoms with E-state index in [1.54, 1.807) is 24.4 Å². The van der Waals surface area contributed by atoms with Gasteiger partial charge in [0.25, 0.3) is 5.69 Å². The Morgan fingerprint density at radius 2 is 2.14 bits per heavy atom. The van der Waals surface area contributed by atoms with Crippen LogP contribution in [0.4, 0.5) is 5.69 Å². The van der Waals surface area contributed by atoms with Crippen molar-refractivity contribution in [3.8, 4) is 0 Å². The highest BCUT2D eigenvalue weighted by atomic mass is 16.6. The Morgan fingerprint density at radius 3 is 2.86 bits per heavy atom. The largest absolute Gasteiger partial charge is 0.352 e. The minimum atomic E-state index is -0.468. The molecule has 6 nitrogen and oxygen atoms in total. The third kappa shape index (κ3) is 4.82. The number of nitrogens with zero attached hydrogens (tertiary/aromatic N) is 2. The Kier molecular flexibility index (Phi) is 5.37. The van der Waals surface area contributed by atoms with Crippen LogP contribution in [0.1, 0.15) is 11.3 Å². The number of carbonyl (C=O) groups is 1. The average molecular weight is 297 g/mol. The highest BCUT2D eigenvalue weighted by Crippen LogP contribution is 2.13. The number of pyridine rings is 1. The molecule has 0 aliphatic heterocycles. The molecule has 0 bridgehead atoms. The maximum absolute atomic E-state index is 11.7. The summed E-state index contributed by atoms with van der Waals surface area (Å²) in [5.41, 5.74) is 1.51. The normalized spacial score (nSPS) is 10.5. The molecule has 0 unspecified atom stereocenters. The first-order chi connectivity index (χ1) is 10.6. The maximum Gasteiger partial charge on any atom is 0.270 e. The Hall–Kier alpha value is -3.02. The van der Waals surface area contributed by atoms with Gasteiger partial charge in [-0.3, -0.25) is 19.9 Å². The summed E-state index contributed by atoms with van der Waals surface area (Å²) in [5, 5.41) is 13.4. The number of non-ortho nitro benzene ring substituents is 1. The lowest BCUT2D eigenvalue weighted by molar-refractivity contribution is -0.384. The number of carbonyl (C=O) groups excluding carboxylic acids is 1. The molecule has 0 atom stereocenters. The van der Waals surface area contributed by atoms with Gasteiger partial charge in [0.05, 0.1) is 4.92 Å². The smallest absolute Gasteiger partial charge is 0.270 e. The predicted molar refractivity (Wildman–Crippen MR) is 83.1 cm³/mol. The summed E-state index contributed by atoms with van der Waals surface area (Å²) in [7, 11) is 0. The van der Waals surface area contributed by atoms with Crippen molar-refractivity contribution in [2.75, 3.05) is 6.54 Å². The highest BCUT2D eigenvalue weighted by molar-refractivity contribution is 5.91. The minimum absolute atomic E-state index is 0.00212. The monoisotopic (exact) mass is 297 g/mol. The van der Waals surface area contributed by atoms with E-state index in [0.717, 1.165) is 5.69 Å². The van der Waals surface area contributed by atoms with Crippen LogP contribution in [0.5, 0.6) is 0 Å². The zero-order valence-electron chi connectivity index (χ0n) is 11.8. The number of benzene rings is 1. The van der Waals surface area contributed by atoms with Gasteiger partial charge in [0.2, 0.25) is 5.91 Å². The van der Waals surface area contributed by atoms with Gasteiger partial charge in [0, 0.05) is 43.1 Å². The van der Waals surface area contributed by atoms with Crippen molar-refractivity contribution in [3.05, 3.63) is 76.1 Å². The summed E-state index contributed by atoms with van der Waals surface area (Å²) in [6, 6.07) is 11.7. The molecule has 0 radical (unpaired) electrons. The van der Waals surface area contributed by atoms with Gasteiger partial charge in [-0.2, -0.15) is 0 Å². The first-order valence-corrected chi connectivity index (χ1v) is 6.75. The number of hydrogen-bond donors (Lipinski definition) is 1. The Morgan fingerprint density at radius 1 is 1.27 bits per heavy atom. The van der Waals surface area contributed by atoms with Crippen molar-refractivity contribution in [1.82, 2.24) is 10.3 Å². The van der Waals surface area contributed by atoms with Crippen LogP contribution in [0.2, 0.25) is 0 Å². The van der Waals surface area contributed by atoms with Crippen LogP contribution >= 0.6 is 0 Å². The Balaban J connectivity index is 1.84. The maximum atomic E-state index is 11.7. The number of rotatable bonds is 6. The van der Waals surface area contributed by atoms with E-state index in [9.17, 15) is 14.9 Å². The molecule has 1 aromatic carbocycles. The Bertz CT molecular complexity index is 684. The molecule has 0 saturated carbocycles. The van der Waals surface area contributed by atoms with Gasteiger partial charge in [-0.15, -0.1) is 0 Å². The van der Waals surface area contributed by atoms with Crippen LogP contribution in [0.25, 0.3) is 6.08 Å². The van der Waals surface area contributed by atoms with Crippen LogP contribution in [0.15, 0.2) is 54.7 Å². The fourth-order valence-corrected chi connectivity index (χ4v) is 1.83. The summed E-state index contributed by atoms with van der Waals surface area (Å²) in [6.45, 7) is 0.481. The second-order valence-corrected chi connectivity index (χ2v) is 4.55. The van der Waals surface area contributed by atoms with Crippen LogP contribution < -0.4 is 5.32 Å². The molecular weight excluding hydrogens is 282 g/mol. The standard InChI is InChI=1S/C16H15N3O3/c20-16(18-11-9-14-5-1-2-10-17-14)8-7-13-4-3-6-15(12-13)19(21)22/h1-8,10,12H,9,11H2,(H,18,20). The van der Waals surface area contributed by atoms with Crippen molar-refractivity contribution >= 4 is 17.7 Å². The third-order valence-corrected chi connectivity index (χ3v) is 2.91. The molecule has 0 spiro atoms. The lowest BCUT2D eigenvalue weighted by Crippen LogP contribution is -2.23. The second-order valence-electron chi connectivity index (χ2n) is 4.55. The Labute approximate surface area is 127 Å². The fourth-order valence-electron chi connectivity index (χ4n) is 1.83. The highest BCUT2D eigenvalue weighted by Gasteiger charge is 2.04. The van der Waals surface area contributed by atoms with Crippen molar-refractivity contribution in [2.45, 2.75) is 6.42 Å². The van der Waals surface area contributed by atoms with Crippen LogP contribution in [-0.4, -0.2) is 22.4 Å². The molecule has 0 aliphatic rings. The molecule has 0 fully saturated rings. The number of aromatic nitrogens is 1. The van der Waals surface area contributed by atoms with Gasteiger partial charge in [-0.05, 0) is 23.8 Å². The zero-order chi connectivity index (χ0) is 15.8. The molecule has 6 heteroatoms. The molecule has 2 rings (SSSR count). The number of hydrogen-bond acceptors (Lipinski definition) is 4. The van der Waals surface area contributed by atoms with Crippen molar-refractivity contribution in [3.63, 3.8) is 0 Å². The van der Waals surface area contributed by atoms with Crippen molar-refractivity contribution < 1.29 is 9.72 Å². The second kappa shape index (κ2) is 7.68. The van der Waals surface area contributed by atoms with Gasteiger partial charge in [0.15, 0.2) is 0 Å². The van der Waals surface area contributed by atoms with Gasteiger partial charge < -0.3 is 5.32 Å². The van der Waals surface area contributed by atoms with E-state index in [-0.39, 0.29) is 11.6 Å². The van der Waals surface area contributed by atoms with Crippen LogP contribution in [0, 0.1) is 10.1 Å². The molecule has 1 aromatic heterocycles. The number of amides is 1. The average Bonchev–Trinajstić information content (AvgIpc) is 2.54. The first-order valence-electron chi connectivity index (χ1n) is 6.75. The molecular formula is C16H15N3O3. The molecule has 22 heavy (non-hydrogen) atoms. The van der Waals surface area contributed by atoms with Gasteiger partial charge >= 0.3 is 0 Å². The van der Waals surface area contributed by atoms with Gasteiger partial charge in [0.1, 0.15) is 0 Å². The number of nitro groups is 1. The van der Waals surface area contributed by atoms with Crippen molar-refractivity contribution in [1.29, 1.82) is 0 Å². The molecule has 0 aliphatic carbocycles. The molecule has 1 amide bonds. The zero-order valence-corrected chi connectivity index (χ0v) is 11.8. The third-order valence-electron chi connectivity index (χ3n) is 2.91. The van der Waals surface area contributed by atoms with E-state index in [4.69, 9.17) is 0 Å². The molecule has 1 N–H and O–H groups in total. The SMILES string of the molecule is O=C(C=Cc1cccc([N+](=O)[O-])c1)NCCc1ccccn1. The summed E-state index contributed by atoms with van der Waals surface area (Å²) in [6.07, 6.45) is 5.26. The number of nitro benzene ring substituents is 1. The predicted octanol–water partition coefficient (Wildman–Crippen LogP) is 2.36. The molecule has 2 aromatic rings. The van der Waals surface area contributed by atoms with E-state index in [2.05, 4.69) is 10.3 Å². The van der Waals surface area contributed by atoms with E-state index in [1.165, 1.54) is 18.2 Å². The van der Waals surface area contributed by atoms with Crippen molar-refractivity contribution in [2.24, 2.45) is 0 Å². The van der Waals surface area contributed by atoms with Crippen LogP contribution in [-0.2, 0) is 11.2 Å². The summed E-state index contributed by atoms with van der Waals surface area (Å²) >= 11 is 0. The van der Waals surface area contributed by atoms with E-state index < -0.39 is 4.92 Å².